The van der Waals surface area contributed by atoms with E-state index in [0.717, 1.165) is 12.1 Å². The van der Waals surface area contributed by atoms with E-state index in [9.17, 15) is 26.7 Å². The third-order valence-corrected chi connectivity index (χ3v) is 2.75. The van der Waals surface area contributed by atoms with Gasteiger partial charge in [0, 0.05) is 5.56 Å². The van der Waals surface area contributed by atoms with E-state index in [-0.39, 0.29) is 11.1 Å². The van der Waals surface area contributed by atoms with Gasteiger partial charge in [-0.1, -0.05) is 12.1 Å². The first-order valence-corrected chi connectivity index (χ1v) is 5.51. The molecule has 1 amide bonds. The topological polar surface area (TPSA) is 55.1 Å². The molecule has 0 aliphatic carbocycles. The van der Waals surface area contributed by atoms with E-state index < -0.39 is 40.6 Å². The van der Waals surface area contributed by atoms with Gasteiger partial charge in [-0.3, -0.25) is 10.2 Å². The van der Waals surface area contributed by atoms with Crippen molar-refractivity contribution in [2.75, 3.05) is 0 Å². The van der Waals surface area contributed by atoms with Crippen LogP contribution in [-0.2, 0) is 0 Å². The summed E-state index contributed by atoms with van der Waals surface area (Å²) in [6.45, 7) is 0. The first-order chi connectivity index (χ1) is 9.88. The van der Waals surface area contributed by atoms with Crippen LogP contribution in [0.25, 0.3) is 11.1 Å². The van der Waals surface area contributed by atoms with E-state index >= 15 is 0 Å². The van der Waals surface area contributed by atoms with Crippen LogP contribution in [0.2, 0.25) is 0 Å². The van der Waals surface area contributed by atoms with Crippen molar-refractivity contribution in [3.8, 4) is 11.1 Å². The van der Waals surface area contributed by atoms with E-state index in [4.69, 9.17) is 5.84 Å². The van der Waals surface area contributed by atoms with Crippen LogP contribution in [-0.4, -0.2) is 5.91 Å². The summed E-state index contributed by atoms with van der Waals surface area (Å²) in [6, 6.07) is 4.54. The smallest absolute Gasteiger partial charge is 0.265 e. The molecule has 0 aromatic heterocycles. The molecule has 0 fully saturated rings. The summed E-state index contributed by atoms with van der Waals surface area (Å²) in [5.74, 6) is -6.19. The van der Waals surface area contributed by atoms with E-state index in [0.29, 0.717) is 0 Å². The number of hydrogen-bond acceptors (Lipinski definition) is 2. The molecule has 3 N–H and O–H groups in total. The van der Waals surface area contributed by atoms with E-state index in [1.165, 1.54) is 12.1 Å². The Hall–Kier alpha value is -2.48. The van der Waals surface area contributed by atoms with Crippen molar-refractivity contribution < 1.29 is 26.7 Å². The molecule has 2 aromatic carbocycles. The average molecular weight is 302 g/mol. The number of nitrogens with two attached hydrogens (primary N) is 1. The first kappa shape index (κ1) is 14.9. The van der Waals surface area contributed by atoms with Crippen LogP contribution >= 0.6 is 0 Å². The van der Waals surface area contributed by atoms with Crippen LogP contribution in [0, 0.1) is 29.1 Å². The molecule has 0 aliphatic rings. The molecule has 0 radical (unpaired) electrons. The molecule has 2 aromatic rings. The Bertz CT molecular complexity index is 704. The van der Waals surface area contributed by atoms with Gasteiger partial charge in [0.15, 0.2) is 23.3 Å². The van der Waals surface area contributed by atoms with Crippen LogP contribution in [0.5, 0.6) is 0 Å². The number of amides is 1. The minimum atomic E-state index is -2.25. The van der Waals surface area contributed by atoms with Crippen molar-refractivity contribution in [3.05, 3.63) is 58.9 Å². The minimum Gasteiger partial charge on any atom is -0.290 e. The van der Waals surface area contributed by atoms with Crippen LogP contribution in [0.15, 0.2) is 24.3 Å². The molecule has 21 heavy (non-hydrogen) atoms. The van der Waals surface area contributed by atoms with Gasteiger partial charge >= 0.3 is 0 Å². The number of carbonyl (C=O) groups excluding carboxylic acids is 1. The maximum absolute atomic E-state index is 13.7. The maximum Gasteiger partial charge on any atom is 0.265 e. The summed E-state index contributed by atoms with van der Waals surface area (Å²) >= 11 is 0. The highest BCUT2D eigenvalue weighted by atomic mass is 19.2. The van der Waals surface area contributed by atoms with Gasteiger partial charge in [-0.15, -0.1) is 0 Å². The Labute approximate surface area is 115 Å². The highest BCUT2D eigenvalue weighted by molar-refractivity contribution is 5.95. The molecule has 0 spiro atoms. The Kier molecular flexibility index (Phi) is 3.90. The number of nitrogen functional groups attached to an aromatic ring is 1. The normalized spacial score (nSPS) is 10.6. The molecule has 0 aliphatic heterocycles. The van der Waals surface area contributed by atoms with Gasteiger partial charge in [0.1, 0.15) is 0 Å². The fourth-order valence-electron chi connectivity index (χ4n) is 1.76. The number of benzene rings is 2. The molecule has 3 nitrogen and oxygen atoms in total. The van der Waals surface area contributed by atoms with Crippen LogP contribution in [0.3, 0.4) is 0 Å². The lowest BCUT2D eigenvalue weighted by Gasteiger charge is -2.09. The molecular weight excluding hydrogens is 295 g/mol. The van der Waals surface area contributed by atoms with Gasteiger partial charge < -0.3 is 0 Å². The standard InChI is InChI=1S/C13H7F5N2O/c14-8-7(9(15)11(17)12(18)10(8)16)5-2-1-3-6(4-5)13(21)20-19/h1-4H,19H2,(H,20,21). The Balaban J connectivity index is 2.71. The second-order valence-corrected chi connectivity index (χ2v) is 4.00. The third kappa shape index (κ3) is 2.45. The zero-order chi connectivity index (χ0) is 15.7. The fourth-order valence-corrected chi connectivity index (χ4v) is 1.76. The number of rotatable bonds is 2. The van der Waals surface area contributed by atoms with E-state index in [1.807, 2.05) is 0 Å². The van der Waals surface area contributed by atoms with Crippen molar-refractivity contribution in [1.82, 2.24) is 5.43 Å². The lowest BCUT2D eigenvalue weighted by Crippen LogP contribution is -2.29. The second kappa shape index (κ2) is 5.49. The SMILES string of the molecule is NNC(=O)c1cccc(-c2c(F)c(F)c(F)c(F)c2F)c1. The van der Waals surface area contributed by atoms with Crippen molar-refractivity contribution in [3.63, 3.8) is 0 Å². The van der Waals surface area contributed by atoms with Gasteiger partial charge in [-0.2, -0.15) is 0 Å². The van der Waals surface area contributed by atoms with Gasteiger partial charge in [0.05, 0.1) is 5.56 Å². The summed E-state index contributed by atoms with van der Waals surface area (Å²) in [7, 11) is 0. The first-order valence-electron chi connectivity index (χ1n) is 5.51. The zero-order valence-electron chi connectivity index (χ0n) is 10.2. The molecule has 0 saturated heterocycles. The monoisotopic (exact) mass is 302 g/mol. The molecule has 8 heteroatoms. The summed E-state index contributed by atoms with van der Waals surface area (Å²) in [5.41, 5.74) is 0.232. The second-order valence-electron chi connectivity index (χ2n) is 4.00. The molecule has 0 heterocycles. The molecule has 0 unspecified atom stereocenters. The van der Waals surface area contributed by atoms with Gasteiger partial charge in [-0.05, 0) is 17.7 Å². The highest BCUT2D eigenvalue weighted by Crippen LogP contribution is 2.31. The van der Waals surface area contributed by atoms with Crippen LogP contribution in [0.4, 0.5) is 22.0 Å². The van der Waals surface area contributed by atoms with Crippen molar-refractivity contribution in [2.24, 2.45) is 5.84 Å². The number of halogens is 5. The summed E-state index contributed by atoms with van der Waals surface area (Å²) in [5, 5.41) is 0. The number of hydrazine groups is 1. The van der Waals surface area contributed by atoms with Gasteiger partial charge in [-0.25, -0.2) is 27.8 Å². The Morgan fingerprint density at radius 2 is 1.43 bits per heavy atom. The molecule has 110 valence electrons. The quantitative estimate of drug-likeness (QED) is 0.224. The largest absolute Gasteiger partial charge is 0.290 e. The lowest BCUT2D eigenvalue weighted by molar-refractivity contribution is 0.0953. The Morgan fingerprint density at radius 3 is 1.95 bits per heavy atom. The van der Waals surface area contributed by atoms with Crippen LogP contribution < -0.4 is 11.3 Å². The van der Waals surface area contributed by atoms with Crippen molar-refractivity contribution >= 4 is 5.91 Å². The number of nitrogens with one attached hydrogen (secondary N) is 1. The number of hydrogen-bond donors (Lipinski definition) is 2. The zero-order valence-corrected chi connectivity index (χ0v) is 10.2. The predicted octanol–water partition coefficient (Wildman–Crippen LogP) is 2.65. The molecule has 2 rings (SSSR count). The summed E-state index contributed by atoms with van der Waals surface area (Å²) in [4.78, 5) is 11.3. The summed E-state index contributed by atoms with van der Waals surface area (Å²) < 4.78 is 66.6. The van der Waals surface area contributed by atoms with Gasteiger partial charge in [0.2, 0.25) is 5.82 Å². The van der Waals surface area contributed by atoms with E-state index in [1.54, 1.807) is 5.43 Å². The van der Waals surface area contributed by atoms with Gasteiger partial charge in [0.25, 0.3) is 5.91 Å². The maximum atomic E-state index is 13.7. The molecule has 0 bridgehead atoms. The fraction of sp³-hybridized carbons (Fsp3) is 0. The lowest BCUT2D eigenvalue weighted by atomic mass is 10.0. The van der Waals surface area contributed by atoms with Crippen LogP contribution in [0.1, 0.15) is 10.4 Å². The third-order valence-electron chi connectivity index (χ3n) is 2.75. The predicted molar refractivity (Wildman–Crippen MR) is 63.3 cm³/mol. The Morgan fingerprint density at radius 1 is 0.905 bits per heavy atom. The molecule has 0 saturated carbocycles. The van der Waals surface area contributed by atoms with Crippen molar-refractivity contribution in [2.45, 2.75) is 0 Å². The summed E-state index contributed by atoms with van der Waals surface area (Å²) in [6.07, 6.45) is 0. The minimum absolute atomic E-state index is 0.0982. The molecular formula is C13H7F5N2O. The van der Waals surface area contributed by atoms with E-state index in [2.05, 4.69) is 0 Å². The highest BCUT2D eigenvalue weighted by Gasteiger charge is 2.26. The average Bonchev–Trinajstić information content (AvgIpc) is 2.50. The molecule has 0 atom stereocenters. The van der Waals surface area contributed by atoms with Crippen molar-refractivity contribution in [1.29, 1.82) is 0 Å². The number of carbonyl (C=O) groups is 1.